The number of carbonyl (C=O) groups is 2. The average molecular weight is 267 g/mol. The Morgan fingerprint density at radius 3 is 2.26 bits per heavy atom. The van der Waals surface area contributed by atoms with E-state index in [2.05, 4.69) is 0 Å². The van der Waals surface area contributed by atoms with Crippen LogP contribution in [0.3, 0.4) is 0 Å². The third kappa shape index (κ3) is 4.05. The molecule has 0 aliphatic heterocycles. The number of aryl methyl sites for hydroxylation is 1. The summed E-state index contributed by atoms with van der Waals surface area (Å²) in [5.74, 6) is -2.10. The van der Waals surface area contributed by atoms with Crippen molar-refractivity contribution in [1.82, 2.24) is 4.90 Å². The molecule has 0 fully saturated rings. The molecule has 5 heteroatoms. The number of aliphatic carboxylic acids is 1. The lowest BCUT2D eigenvalue weighted by Gasteiger charge is -2.34. The number of carboxylic acid groups (broad SMARTS) is 1. The molecule has 1 aromatic carbocycles. The molecule has 104 valence electrons. The lowest BCUT2D eigenvalue weighted by Crippen LogP contribution is -2.48. The Kier molecular flexibility index (Phi) is 4.29. The molecule has 4 nitrogen and oxygen atoms in total. The summed E-state index contributed by atoms with van der Waals surface area (Å²) in [6.45, 7) is 6.47. The van der Waals surface area contributed by atoms with Gasteiger partial charge in [-0.3, -0.25) is 9.59 Å². The van der Waals surface area contributed by atoms with Crippen molar-refractivity contribution in [3.63, 3.8) is 0 Å². The Bertz CT molecular complexity index is 486. The van der Waals surface area contributed by atoms with E-state index in [0.29, 0.717) is 5.56 Å². The first-order chi connectivity index (χ1) is 8.61. The van der Waals surface area contributed by atoms with E-state index in [1.54, 1.807) is 33.8 Å². The minimum Gasteiger partial charge on any atom is -0.480 e. The second kappa shape index (κ2) is 5.38. The average Bonchev–Trinajstić information content (AvgIpc) is 2.21. The summed E-state index contributed by atoms with van der Waals surface area (Å²) in [6.07, 6.45) is 0. The van der Waals surface area contributed by atoms with E-state index in [1.165, 1.54) is 11.0 Å². The van der Waals surface area contributed by atoms with Gasteiger partial charge in [-0.25, -0.2) is 4.39 Å². The summed E-state index contributed by atoms with van der Waals surface area (Å²) in [4.78, 5) is 24.4. The number of halogens is 1. The Morgan fingerprint density at radius 2 is 1.84 bits per heavy atom. The van der Waals surface area contributed by atoms with Crippen LogP contribution in [0.25, 0.3) is 0 Å². The molecule has 1 aromatic rings. The van der Waals surface area contributed by atoms with Gasteiger partial charge in [0.2, 0.25) is 0 Å². The lowest BCUT2D eigenvalue weighted by atomic mass is 10.0. The standard InChI is InChI=1S/C14H18FNO3/c1-9-5-10(7-11(15)6-9)13(19)16(8-12(17)18)14(2,3)4/h5-7H,8H2,1-4H3,(H,17,18). The topological polar surface area (TPSA) is 57.6 Å². The zero-order valence-electron chi connectivity index (χ0n) is 11.5. The summed E-state index contributed by atoms with van der Waals surface area (Å²) in [7, 11) is 0. The Hall–Kier alpha value is -1.91. The minimum absolute atomic E-state index is 0.161. The van der Waals surface area contributed by atoms with Crippen LogP contribution < -0.4 is 0 Å². The van der Waals surface area contributed by atoms with Gasteiger partial charge in [0.1, 0.15) is 12.4 Å². The molecule has 1 N–H and O–H groups in total. The van der Waals surface area contributed by atoms with Gasteiger partial charge in [-0.1, -0.05) is 0 Å². The van der Waals surface area contributed by atoms with Crippen LogP contribution in [0.2, 0.25) is 0 Å². The van der Waals surface area contributed by atoms with E-state index in [4.69, 9.17) is 5.11 Å². The number of benzene rings is 1. The summed E-state index contributed by atoms with van der Waals surface area (Å²) in [5, 5.41) is 8.88. The molecule has 0 radical (unpaired) electrons. The van der Waals surface area contributed by atoms with E-state index in [-0.39, 0.29) is 5.56 Å². The monoisotopic (exact) mass is 267 g/mol. The molecule has 0 heterocycles. The molecular weight excluding hydrogens is 249 g/mol. The number of carboxylic acids is 1. The van der Waals surface area contributed by atoms with Crippen molar-refractivity contribution in [2.24, 2.45) is 0 Å². The number of carbonyl (C=O) groups excluding carboxylic acids is 1. The summed E-state index contributed by atoms with van der Waals surface area (Å²) in [6, 6.07) is 3.98. The third-order valence-corrected chi connectivity index (χ3v) is 2.64. The lowest BCUT2D eigenvalue weighted by molar-refractivity contribution is -0.138. The molecule has 1 amide bonds. The molecular formula is C14H18FNO3. The van der Waals surface area contributed by atoms with Crippen LogP contribution in [0, 0.1) is 12.7 Å². The number of hydrogen-bond acceptors (Lipinski definition) is 2. The Balaban J connectivity index is 3.15. The SMILES string of the molecule is Cc1cc(F)cc(C(=O)N(CC(=O)O)C(C)(C)C)c1. The van der Waals surface area contributed by atoms with E-state index in [0.717, 1.165) is 6.07 Å². The van der Waals surface area contributed by atoms with Crippen molar-refractivity contribution in [1.29, 1.82) is 0 Å². The Morgan fingerprint density at radius 1 is 1.26 bits per heavy atom. The molecule has 1 rings (SSSR count). The van der Waals surface area contributed by atoms with Crippen LogP contribution >= 0.6 is 0 Å². The molecule has 0 atom stereocenters. The molecule has 0 aromatic heterocycles. The van der Waals surface area contributed by atoms with Crippen molar-refractivity contribution in [3.05, 3.63) is 35.1 Å². The third-order valence-electron chi connectivity index (χ3n) is 2.64. The summed E-state index contributed by atoms with van der Waals surface area (Å²) in [5.41, 5.74) is 0.122. The second-order valence-electron chi connectivity index (χ2n) is 5.47. The van der Waals surface area contributed by atoms with Gasteiger partial charge in [0.15, 0.2) is 0 Å². The molecule has 0 unspecified atom stereocenters. The molecule has 0 aliphatic carbocycles. The zero-order chi connectivity index (χ0) is 14.8. The van der Waals surface area contributed by atoms with Gasteiger partial charge in [0, 0.05) is 11.1 Å². The van der Waals surface area contributed by atoms with Gasteiger partial charge in [-0.15, -0.1) is 0 Å². The predicted molar refractivity (Wildman–Crippen MR) is 69.6 cm³/mol. The van der Waals surface area contributed by atoms with Gasteiger partial charge in [0.05, 0.1) is 0 Å². The van der Waals surface area contributed by atoms with Gasteiger partial charge >= 0.3 is 5.97 Å². The molecule has 0 aliphatic rings. The fraction of sp³-hybridized carbons (Fsp3) is 0.429. The first kappa shape index (κ1) is 15.1. The molecule has 0 bridgehead atoms. The maximum atomic E-state index is 13.3. The highest BCUT2D eigenvalue weighted by atomic mass is 19.1. The van der Waals surface area contributed by atoms with Crippen LogP contribution in [0.4, 0.5) is 4.39 Å². The molecule has 0 saturated heterocycles. The van der Waals surface area contributed by atoms with Crippen LogP contribution in [0.5, 0.6) is 0 Å². The van der Waals surface area contributed by atoms with Crippen molar-refractivity contribution in [2.45, 2.75) is 33.2 Å². The Labute approximate surface area is 111 Å². The van der Waals surface area contributed by atoms with Crippen LogP contribution in [-0.2, 0) is 4.79 Å². The van der Waals surface area contributed by atoms with E-state index in [1.807, 2.05) is 0 Å². The van der Waals surface area contributed by atoms with Crippen LogP contribution in [0.1, 0.15) is 36.7 Å². The normalized spacial score (nSPS) is 11.2. The van der Waals surface area contributed by atoms with Gasteiger partial charge in [0.25, 0.3) is 5.91 Å². The minimum atomic E-state index is -1.10. The van der Waals surface area contributed by atoms with Gasteiger partial charge in [-0.05, 0) is 51.5 Å². The fourth-order valence-corrected chi connectivity index (χ4v) is 1.76. The highest BCUT2D eigenvalue weighted by Crippen LogP contribution is 2.18. The number of amides is 1. The number of rotatable bonds is 3. The quantitative estimate of drug-likeness (QED) is 0.915. The van der Waals surface area contributed by atoms with Gasteiger partial charge in [-0.2, -0.15) is 0 Å². The molecule has 19 heavy (non-hydrogen) atoms. The van der Waals surface area contributed by atoms with Crippen molar-refractivity contribution < 1.29 is 19.1 Å². The maximum Gasteiger partial charge on any atom is 0.323 e. The number of hydrogen-bond donors (Lipinski definition) is 1. The zero-order valence-corrected chi connectivity index (χ0v) is 11.5. The maximum absolute atomic E-state index is 13.3. The van der Waals surface area contributed by atoms with Crippen molar-refractivity contribution in [2.75, 3.05) is 6.54 Å². The van der Waals surface area contributed by atoms with Crippen molar-refractivity contribution in [3.8, 4) is 0 Å². The summed E-state index contributed by atoms with van der Waals surface area (Å²) < 4.78 is 13.3. The molecule has 0 spiro atoms. The predicted octanol–water partition coefficient (Wildman–Crippen LogP) is 2.46. The number of nitrogens with zero attached hydrogens (tertiary/aromatic N) is 1. The largest absolute Gasteiger partial charge is 0.480 e. The summed E-state index contributed by atoms with van der Waals surface area (Å²) >= 11 is 0. The fourth-order valence-electron chi connectivity index (χ4n) is 1.76. The van der Waals surface area contributed by atoms with E-state index < -0.39 is 29.8 Å². The highest BCUT2D eigenvalue weighted by Gasteiger charge is 2.29. The second-order valence-corrected chi connectivity index (χ2v) is 5.47. The first-order valence-corrected chi connectivity index (χ1v) is 5.92. The molecule has 0 saturated carbocycles. The smallest absolute Gasteiger partial charge is 0.323 e. The van der Waals surface area contributed by atoms with Crippen LogP contribution in [0.15, 0.2) is 18.2 Å². The highest BCUT2D eigenvalue weighted by molar-refractivity contribution is 5.96. The van der Waals surface area contributed by atoms with Gasteiger partial charge < -0.3 is 10.0 Å². The first-order valence-electron chi connectivity index (χ1n) is 5.92. The van der Waals surface area contributed by atoms with E-state index in [9.17, 15) is 14.0 Å². The van der Waals surface area contributed by atoms with Crippen LogP contribution in [-0.4, -0.2) is 34.0 Å². The van der Waals surface area contributed by atoms with E-state index >= 15 is 0 Å². The van der Waals surface area contributed by atoms with Crippen molar-refractivity contribution >= 4 is 11.9 Å².